The van der Waals surface area contributed by atoms with Gasteiger partial charge < -0.3 is 5.32 Å². The van der Waals surface area contributed by atoms with Crippen LogP contribution in [0.3, 0.4) is 0 Å². The lowest BCUT2D eigenvalue weighted by atomic mass is 10.0. The van der Waals surface area contributed by atoms with Gasteiger partial charge in [0, 0.05) is 8.95 Å². The number of hydrogen-bond acceptors (Lipinski definition) is 4. The quantitative estimate of drug-likeness (QED) is 0.834. The fourth-order valence-corrected chi connectivity index (χ4v) is 2.58. The summed E-state index contributed by atoms with van der Waals surface area (Å²) in [5, 5.41) is 9.62. The van der Waals surface area contributed by atoms with Crippen molar-refractivity contribution in [2.45, 2.75) is 19.4 Å². The minimum atomic E-state index is 0.263. The van der Waals surface area contributed by atoms with Crippen molar-refractivity contribution in [3.05, 3.63) is 44.5 Å². The van der Waals surface area contributed by atoms with E-state index in [4.69, 9.17) is 0 Å². The molecule has 1 aromatic heterocycles. The van der Waals surface area contributed by atoms with Crippen molar-refractivity contribution in [2.75, 3.05) is 6.54 Å². The van der Waals surface area contributed by atoms with Gasteiger partial charge in [-0.2, -0.15) is 0 Å². The van der Waals surface area contributed by atoms with Gasteiger partial charge in [-0.1, -0.05) is 23.5 Å². The van der Waals surface area contributed by atoms with Gasteiger partial charge in [-0.15, -0.1) is 5.10 Å². The zero-order valence-corrected chi connectivity index (χ0v) is 12.5. The summed E-state index contributed by atoms with van der Waals surface area (Å²) in [4.78, 5) is 0. The maximum atomic E-state index is 4.15. The number of benzene rings is 1. The number of rotatable bonds is 5. The van der Waals surface area contributed by atoms with Crippen LogP contribution < -0.4 is 5.32 Å². The summed E-state index contributed by atoms with van der Waals surface area (Å²) < 4.78 is 5.20. The Morgan fingerprint density at radius 3 is 2.71 bits per heavy atom. The number of nitrogens with zero attached hydrogens (tertiary/aromatic N) is 2. The molecule has 0 saturated heterocycles. The molecule has 1 heterocycles. The van der Waals surface area contributed by atoms with Crippen molar-refractivity contribution in [2.24, 2.45) is 0 Å². The van der Waals surface area contributed by atoms with Gasteiger partial charge in [0.15, 0.2) is 0 Å². The van der Waals surface area contributed by atoms with Gasteiger partial charge >= 0.3 is 0 Å². The van der Waals surface area contributed by atoms with E-state index in [1.54, 1.807) is 0 Å². The molecule has 0 aliphatic heterocycles. The van der Waals surface area contributed by atoms with Crippen LogP contribution in [0.2, 0.25) is 0 Å². The molecule has 1 N–H and O–H groups in total. The molecule has 2 aromatic rings. The van der Waals surface area contributed by atoms with Crippen molar-refractivity contribution in [3.8, 4) is 0 Å². The smallest absolute Gasteiger partial charge is 0.0928 e. The van der Waals surface area contributed by atoms with Gasteiger partial charge in [-0.3, -0.25) is 0 Å². The van der Waals surface area contributed by atoms with Crippen LogP contribution in [0.4, 0.5) is 0 Å². The predicted molar refractivity (Wildman–Crippen MR) is 79.2 cm³/mol. The van der Waals surface area contributed by atoms with E-state index < -0.39 is 0 Å². The summed E-state index contributed by atoms with van der Waals surface area (Å²) in [6, 6.07) is 8.88. The van der Waals surface area contributed by atoms with E-state index in [0.29, 0.717) is 0 Å². The Bertz CT molecular complexity index is 441. The first-order chi connectivity index (χ1) is 8.29. The minimum absolute atomic E-state index is 0.263. The molecule has 1 aromatic carbocycles. The zero-order chi connectivity index (χ0) is 12.1. The van der Waals surface area contributed by atoms with Crippen LogP contribution in [-0.4, -0.2) is 16.1 Å². The first-order valence-corrected chi connectivity index (χ1v) is 7.46. The Morgan fingerprint density at radius 2 is 2.12 bits per heavy atom. The summed E-state index contributed by atoms with van der Waals surface area (Å²) in [7, 11) is 0. The Balaban J connectivity index is 2.10. The topological polar surface area (TPSA) is 37.8 Å². The van der Waals surface area contributed by atoms with E-state index in [-0.39, 0.29) is 6.04 Å². The summed E-state index contributed by atoms with van der Waals surface area (Å²) in [5.74, 6) is 0. The molecule has 3 nitrogen and oxygen atoms in total. The monoisotopic (exact) mass is 359 g/mol. The fourth-order valence-electron chi connectivity index (χ4n) is 1.71. The van der Waals surface area contributed by atoms with Gasteiger partial charge in [0.05, 0.1) is 11.7 Å². The molecule has 0 fully saturated rings. The minimum Gasteiger partial charge on any atom is -0.309 e. The number of hydrogen-bond donors (Lipinski definition) is 1. The van der Waals surface area contributed by atoms with Gasteiger partial charge in [-0.25, -0.2) is 0 Å². The lowest BCUT2D eigenvalue weighted by Gasteiger charge is -2.15. The molecule has 1 atom stereocenters. The highest BCUT2D eigenvalue weighted by Crippen LogP contribution is 2.18. The lowest BCUT2D eigenvalue weighted by Crippen LogP contribution is -2.23. The van der Waals surface area contributed by atoms with Gasteiger partial charge in [-0.05, 0) is 64.8 Å². The summed E-state index contributed by atoms with van der Waals surface area (Å²) in [6.45, 7) is 3.05. The van der Waals surface area contributed by atoms with Crippen LogP contribution in [0.1, 0.15) is 24.2 Å². The molecule has 90 valence electrons. The highest BCUT2D eigenvalue weighted by Gasteiger charge is 2.13. The van der Waals surface area contributed by atoms with E-state index in [2.05, 4.69) is 68.7 Å². The van der Waals surface area contributed by atoms with Crippen LogP contribution in [0.15, 0.2) is 29.6 Å². The van der Waals surface area contributed by atoms with E-state index in [1.807, 2.05) is 5.38 Å². The second-order valence-electron chi connectivity index (χ2n) is 3.77. The van der Waals surface area contributed by atoms with Crippen LogP contribution in [0, 0.1) is 3.57 Å². The molecule has 17 heavy (non-hydrogen) atoms. The first kappa shape index (κ1) is 12.9. The van der Waals surface area contributed by atoms with Crippen molar-refractivity contribution in [1.29, 1.82) is 0 Å². The third-order valence-electron chi connectivity index (χ3n) is 2.54. The summed E-state index contributed by atoms with van der Waals surface area (Å²) >= 11 is 3.73. The van der Waals surface area contributed by atoms with Crippen LogP contribution >= 0.6 is 34.1 Å². The molecule has 1 unspecified atom stereocenters. The second-order valence-corrected chi connectivity index (χ2v) is 5.63. The van der Waals surface area contributed by atoms with E-state index in [0.717, 1.165) is 18.7 Å². The maximum absolute atomic E-state index is 4.15. The van der Waals surface area contributed by atoms with E-state index >= 15 is 0 Å². The fraction of sp³-hybridized carbons (Fsp3) is 0.333. The average molecular weight is 359 g/mol. The Kier molecular flexibility index (Phi) is 4.87. The molecule has 0 saturated carbocycles. The van der Waals surface area contributed by atoms with Crippen molar-refractivity contribution < 1.29 is 0 Å². The largest absolute Gasteiger partial charge is 0.309 e. The molecule has 0 aliphatic carbocycles. The predicted octanol–water partition coefficient (Wildman–Crippen LogP) is 3.04. The molecule has 0 bridgehead atoms. The number of nitrogens with one attached hydrogen (secondary N) is 1. The number of halogens is 1. The van der Waals surface area contributed by atoms with Gasteiger partial charge in [0.25, 0.3) is 0 Å². The molecular weight excluding hydrogens is 345 g/mol. The molecule has 0 aliphatic rings. The van der Waals surface area contributed by atoms with E-state index in [1.165, 1.54) is 20.7 Å². The number of aromatic nitrogens is 2. The zero-order valence-electron chi connectivity index (χ0n) is 9.56. The average Bonchev–Trinajstić information content (AvgIpc) is 2.85. The summed E-state index contributed by atoms with van der Waals surface area (Å²) in [5.41, 5.74) is 2.36. The Labute approximate surface area is 119 Å². The molecule has 0 spiro atoms. The van der Waals surface area contributed by atoms with Crippen molar-refractivity contribution >= 4 is 34.1 Å². The van der Waals surface area contributed by atoms with Crippen molar-refractivity contribution in [1.82, 2.24) is 14.9 Å². The van der Waals surface area contributed by atoms with Crippen LogP contribution in [-0.2, 0) is 6.42 Å². The molecule has 0 amide bonds. The van der Waals surface area contributed by atoms with Gasteiger partial charge in [0.1, 0.15) is 0 Å². The molecular formula is C12H14IN3S. The Morgan fingerprint density at radius 1 is 1.35 bits per heavy atom. The third-order valence-corrected chi connectivity index (χ3v) is 3.78. The highest BCUT2D eigenvalue weighted by atomic mass is 127. The molecule has 0 radical (unpaired) electrons. The summed E-state index contributed by atoms with van der Waals surface area (Å²) in [6.07, 6.45) is 0.955. The molecule has 5 heteroatoms. The SMILES string of the molecule is CCNC(Cc1ccc(I)cc1)c1csnn1. The van der Waals surface area contributed by atoms with E-state index in [9.17, 15) is 0 Å². The highest BCUT2D eigenvalue weighted by molar-refractivity contribution is 14.1. The van der Waals surface area contributed by atoms with Gasteiger partial charge in [0.2, 0.25) is 0 Å². The van der Waals surface area contributed by atoms with Crippen LogP contribution in [0.5, 0.6) is 0 Å². The van der Waals surface area contributed by atoms with Crippen LogP contribution in [0.25, 0.3) is 0 Å². The standard InChI is InChI=1S/C12H14IN3S/c1-2-14-11(12-8-17-16-15-12)7-9-3-5-10(13)6-4-9/h3-6,8,11,14H,2,7H2,1H3. The maximum Gasteiger partial charge on any atom is 0.0928 e. The Hall–Kier alpha value is -0.530. The second kappa shape index (κ2) is 6.42. The third kappa shape index (κ3) is 3.72. The number of likely N-dealkylation sites (N-methyl/N-ethyl adjacent to an activating group) is 1. The normalized spacial score (nSPS) is 12.6. The molecule has 2 rings (SSSR count). The van der Waals surface area contributed by atoms with Crippen molar-refractivity contribution in [3.63, 3.8) is 0 Å². The first-order valence-electron chi connectivity index (χ1n) is 5.54. The lowest BCUT2D eigenvalue weighted by molar-refractivity contribution is 0.535.